The number of hydrogen-bond acceptors (Lipinski definition) is 4. The first kappa shape index (κ1) is 17.7. The van der Waals surface area contributed by atoms with Crippen molar-refractivity contribution < 1.29 is 9.59 Å². The van der Waals surface area contributed by atoms with Gasteiger partial charge in [-0.25, -0.2) is 4.68 Å². The molecule has 0 fully saturated rings. The van der Waals surface area contributed by atoms with Gasteiger partial charge in [-0.1, -0.05) is 18.2 Å². The van der Waals surface area contributed by atoms with Gasteiger partial charge in [-0.05, 0) is 32.9 Å². The molecule has 0 aliphatic carbocycles. The van der Waals surface area contributed by atoms with Crippen molar-refractivity contribution in [1.29, 1.82) is 0 Å². The van der Waals surface area contributed by atoms with Crippen LogP contribution in [0, 0.1) is 6.92 Å². The van der Waals surface area contributed by atoms with Crippen molar-refractivity contribution >= 4 is 17.6 Å². The monoisotopic (exact) mass is 329 g/mol. The first-order valence-corrected chi connectivity index (χ1v) is 7.81. The molecule has 1 aromatic carbocycles. The van der Waals surface area contributed by atoms with Gasteiger partial charge in [0, 0.05) is 12.1 Å². The molecule has 0 spiro atoms. The number of amides is 2. The number of nitrogens with two attached hydrogens (primary N) is 1. The smallest absolute Gasteiger partial charge is 0.239 e. The molecule has 128 valence electrons. The fourth-order valence-electron chi connectivity index (χ4n) is 2.34. The Morgan fingerprint density at radius 2 is 1.92 bits per heavy atom. The van der Waals surface area contributed by atoms with E-state index in [4.69, 9.17) is 5.73 Å². The lowest BCUT2D eigenvalue weighted by Gasteiger charge is -2.24. The number of anilines is 1. The van der Waals surface area contributed by atoms with Crippen LogP contribution in [0.2, 0.25) is 0 Å². The highest BCUT2D eigenvalue weighted by Gasteiger charge is 2.18. The molecule has 2 aromatic rings. The van der Waals surface area contributed by atoms with E-state index in [-0.39, 0.29) is 25.0 Å². The predicted molar refractivity (Wildman–Crippen MR) is 92.8 cm³/mol. The van der Waals surface area contributed by atoms with E-state index in [0.717, 1.165) is 11.4 Å². The highest BCUT2D eigenvalue weighted by Crippen LogP contribution is 2.16. The number of aromatic nitrogens is 2. The second-order valence-corrected chi connectivity index (χ2v) is 5.93. The molecule has 7 heteroatoms. The Morgan fingerprint density at radius 3 is 2.50 bits per heavy atom. The number of para-hydroxylation sites is 1. The number of nitrogens with one attached hydrogen (secondary N) is 1. The highest BCUT2D eigenvalue weighted by atomic mass is 16.2. The van der Waals surface area contributed by atoms with E-state index in [1.165, 1.54) is 0 Å². The quantitative estimate of drug-likeness (QED) is 0.801. The number of rotatable bonds is 7. The summed E-state index contributed by atoms with van der Waals surface area (Å²) in [7, 11) is 0. The van der Waals surface area contributed by atoms with Crippen LogP contribution in [0.25, 0.3) is 5.69 Å². The van der Waals surface area contributed by atoms with Gasteiger partial charge in [-0.15, -0.1) is 0 Å². The first-order chi connectivity index (χ1) is 11.4. The van der Waals surface area contributed by atoms with Gasteiger partial charge in [0.05, 0.1) is 24.5 Å². The van der Waals surface area contributed by atoms with Gasteiger partial charge in [0.15, 0.2) is 0 Å². The van der Waals surface area contributed by atoms with Crippen LogP contribution < -0.4 is 11.1 Å². The van der Waals surface area contributed by atoms with Gasteiger partial charge in [0.25, 0.3) is 0 Å². The topological polar surface area (TPSA) is 93.3 Å². The van der Waals surface area contributed by atoms with Crippen molar-refractivity contribution in [3.8, 4) is 5.69 Å². The van der Waals surface area contributed by atoms with Crippen molar-refractivity contribution in [2.45, 2.75) is 26.8 Å². The largest absolute Gasteiger partial charge is 0.369 e. The van der Waals surface area contributed by atoms with Gasteiger partial charge in [0.2, 0.25) is 11.8 Å². The summed E-state index contributed by atoms with van der Waals surface area (Å²) in [5.74, 6) is -0.0878. The maximum absolute atomic E-state index is 12.4. The lowest BCUT2D eigenvalue weighted by Crippen LogP contribution is -2.43. The molecule has 1 heterocycles. The van der Waals surface area contributed by atoms with E-state index in [9.17, 15) is 9.59 Å². The summed E-state index contributed by atoms with van der Waals surface area (Å²) in [6, 6.07) is 11.4. The molecule has 0 unspecified atom stereocenters. The summed E-state index contributed by atoms with van der Waals surface area (Å²) in [5, 5.41) is 7.27. The molecule has 7 nitrogen and oxygen atoms in total. The second kappa shape index (κ2) is 7.74. The third-order valence-corrected chi connectivity index (χ3v) is 3.54. The molecule has 1 aromatic heterocycles. The molecule has 0 aliphatic rings. The Kier molecular flexibility index (Phi) is 5.70. The van der Waals surface area contributed by atoms with E-state index in [1.54, 1.807) is 15.6 Å². The molecule has 0 atom stereocenters. The molecule has 3 N–H and O–H groups in total. The minimum atomic E-state index is -0.457. The van der Waals surface area contributed by atoms with Crippen LogP contribution in [0.5, 0.6) is 0 Å². The minimum Gasteiger partial charge on any atom is -0.369 e. The Labute approximate surface area is 141 Å². The van der Waals surface area contributed by atoms with Crippen molar-refractivity contribution in [2.75, 3.05) is 18.4 Å². The number of nitrogens with zero attached hydrogens (tertiary/aromatic N) is 3. The van der Waals surface area contributed by atoms with Crippen molar-refractivity contribution in [2.24, 2.45) is 5.73 Å². The normalized spacial score (nSPS) is 11.0. The third-order valence-electron chi connectivity index (χ3n) is 3.54. The van der Waals surface area contributed by atoms with Crippen LogP contribution in [0.4, 0.5) is 5.82 Å². The summed E-state index contributed by atoms with van der Waals surface area (Å²) >= 11 is 0. The van der Waals surface area contributed by atoms with Crippen molar-refractivity contribution in [3.63, 3.8) is 0 Å². The van der Waals surface area contributed by atoms with Crippen LogP contribution in [-0.4, -0.2) is 45.6 Å². The summed E-state index contributed by atoms with van der Waals surface area (Å²) in [6.45, 7) is 5.81. The van der Waals surface area contributed by atoms with Gasteiger partial charge < -0.3 is 11.1 Å². The van der Waals surface area contributed by atoms with E-state index < -0.39 is 5.91 Å². The average molecular weight is 329 g/mol. The van der Waals surface area contributed by atoms with Crippen LogP contribution in [-0.2, 0) is 9.59 Å². The average Bonchev–Trinajstić information content (AvgIpc) is 2.87. The number of hydrogen-bond donors (Lipinski definition) is 2. The highest BCUT2D eigenvalue weighted by molar-refractivity contribution is 5.92. The standard InChI is InChI=1S/C17H23N5O2/c1-12(2)21(10-15(18)23)11-17(24)19-16-9-13(3)20-22(16)14-7-5-4-6-8-14/h4-9,12H,10-11H2,1-3H3,(H2,18,23)(H,19,24). The molecule has 0 bridgehead atoms. The third kappa shape index (κ3) is 4.66. The van der Waals surface area contributed by atoms with E-state index in [0.29, 0.717) is 5.82 Å². The Morgan fingerprint density at radius 1 is 1.25 bits per heavy atom. The number of carbonyl (C=O) groups is 2. The number of carbonyl (C=O) groups excluding carboxylic acids is 2. The lowest BCUT2D eigenvalue weighted by molar-refractivity contribution is -0.121. The fourth-order valence-corrected chi connectivity index (χ4v) is 2.34. The molecule has 0 radical (unpaired) electrons. The Balaban J connectivity index is 2.13. The van der Waals surface area contributed by atoms with Gasteiger partial charge in [0.1, 0.15) is 5.82 Å². The van der Waals surface area contributed by atoms with Crippen molar-refractivity contribution in [3.05, 3.63) is 42.1 Å². The number of primary amides is 1. The van der Waals surface area contributed by atoms with Crippen molar-refractivity contribution in [1.82, 2.24) is 14.7 Å². The molecule has 0 aliphatic heterocycles. The first-order valence-electron chi connectivity index (χ1n) is 7.81. The van der Waals surface area contributed by atoms with Crippen LogP contribution in [0.3, 0.4) is 0 Å². The zero-order valence-electron chi connectivity index (χ0n) is 14.2. The molecular formula is C17H23N5O2. The van der Waals surface area contributed by atoms with Crippen LogP contribution >= 0.6 is 0 Å². The summed E-state index contributed by atoms with van der Waals surface area (Å²) < 4.78 is 1.68. The van der Waals surface area contributed by atoms with Gasteiger partial charge >= 0.3 is 0 Å². The van der Waals surface area contributed by atoms with E-state index in [1.807, 2.05) is 51.1 Å². The van der Waals surface area contributed by atoms with E-state index in [2.05, 4.69) is 10.4 Å². The van der Waals surface area contributed by atoms with E-state index >= 15 is 0 Å². The number of benzene rings is 1. The van der Waals surface area contributed by atoms with Gasteiger partial charge in [-0.2, -0.15) is 5.10 Å². The maximum Gasteiger partial charge on any atom is 0.239 e. The molecule has 0 saturated carbocycles. The Bertz CT molecular complexity index is 709. The molecular weight excluding hydrogens is 306 g/mol. The Hall–Kier alpha value is -2.67. The second-order valence-electron chi connectivity index (χ2n) is 5.93. The maximum atomic E-state index is 12.4. The predicted octanol–water partition coefficient (Wildman–Crippen LogP) is 1.31. The molecule has 2 rings (SSSR count). The SMILES string of the molecule is Cc1cc(NC(=O)CN(CC(N)=O)C(C)C)n(-c2ccccc2)n1. The molecule has 24 heavy (non-hydrogen) atoms. The lowest BCUT2D eigenvalue weighted by atomic mass is 10.3. The molecule has 2 amide bonds. The fraction of sp³-hybridized carbons (Fsp3) is 0.353. The van der Waals surface area contributed by atoms with Gasteiger partial charge in [-0.3, -0.25) is 14.5 Å². The number of aryl methyl sites for hydroxylation is 1. The zero-order chi connectivity index (χ0) is 17.7. The zero-order valence-corrected chi connectivity index (χ0v) is 14.2. The van der Waals surface area contributed by atoms with Crippen LogP contribution in [0.15, 0.2) is 36.4 Å². The summed E-state index contributed by atoms with van der Waals surface area (Å²) in [5.41, 5.74) is 6.89. The summed E-state index contributed by atoms with van der Waals surface area (Å²) in [4.78, 5) is 25.2. The molecule has 0 saturated heterocycles. The minimum absolute atomic E-state index is 0.0315. The summed E-state index contributed by atoms with van der Waals surface area (Å²) in [6.07, 6.45) is 0. The van der Waals surface area contributed by atoms with Crippen LogP contribution in [0.1, 0.15) is 19.5 Å².